The summed E-state index contributed by atoms with van der Waals surface area (Å²) in [6.45, 7) is 13.4. The van der Waals surface area contributed by atoms with Crippen LogP contribution in [0.1, 0.15) is 46.6 Å². The molecule has 25 heavy (non-hydrogen) atoms. The highest BCUT2D eigenvalue weighted by Crippen LogP contribution is 2.34. The van der Waals surface area contributed by atoms with Gasteiger partial charge in [-0.15, -0.1) is 0 Å². The van der Waals surface area contributed by atoms with Crippen molar-refractivity contribution in [3.8, 4) is 11.4 Å². The van der Waals surface area contributed by atoms with Crippen molar-refractivity contribution in [1.82, 2.24) is 14.4 Å². The normalized spacial score (nSPS) is 12.6. The van der Waals surface area contributed by atoms with Crippen LogP contribution < -0.4 is 5.32 Å². The summed E-state index contributed by atoms with van der Waals surface area (Å²) in [5.74, 6) is 1.00. The third kappa shape index (κ3) is 4.01. The standard InChI is InChI=1S/C21H28N4/c1-15-10-12-25-17(13-15)23-18(16-9-7-8-11-22-16)19(25)24-21(5,6)14-20(2,3)4/h7-13,24H,14H2,1-6H3. The van der Waals surface area contributed by atoms with E-state index in [1.807, 2.05) is 24.4 Å². The lowest BCUT2D eigenvalue weighted by molar-refractivity contribution is 0.302. The van der Waals surface area contributed by atoms with E-state index in [1.165, 1.54) is 5.56 Å². The molecule has 0 saturated carbocycles. The van der Waals surface area contributed by atoms with Gasteiger partial charge in [-0.05, 0) is 62.4 Å². The molecule has 0 aliphatic heterocycles. The Bertz CT molecular complexity index is 870. The number of nitrogens with zero attached hydrogens (tertiary/aromatic N) is 3. The van der Waals surface area contributed by atoms with Crippen molar-refractivity contribution in [2.24, 2.45) is 5.41 Å². The number of aryl methyl sites for hydroxylation is 1. The molecular formula is C21H28N4. The zero-order valence-electron chi connectivity index (χ0n) is 16.1. The summed E-state index contributed by atoms with van der Waals surface area (Å²) in [7, 11) is 0. The molecule has 0 radical (unpaired) electrons. The van der Waals surface area contributed by atoms with Gasteiger partial charge in [0.1, 0.15) is 17.2 Å². The van der Waals surface area contributed by atoms with E-state index in [9.17, 15) is 0 Å². The lowest BCUT2D eigenvalue weighted by atomic mass is 9.82. The number of nitrogens with one attached hydrogen (secondary N) is 1. The number of imidazole rings is 1. The second-order valence-electron chi connectivity index (χ2n) is 8.70. The molecule has 3 rings (SSSR count). The third-order valence-electron chi connectivity index (χ3n) is 4.12. The van der Waals surface area contributed by atoms with Crippen LogP contribution in [-0.2, 0) is 0 Å². The summed E-state index contributed by atoms with van der Waals surface area (Å²) < 4.78 is 2.13. The Balaban J connectivity index is 2.12. The zero-order valence-corrected chi connectivity index (χ0v) is 16.1. The summed E-state index contributed by atoms with van der Waals surface area (Å²) in [5.41, 5.74) is 4.09. The number of pyridine rings is 2. The topological polar surface area (TPSA) is 42.2 Å². The first kappa shape index (κ1) is 17.5. The maximum absolute atomic E-state index is 4.86. The molecule has 4 heteroatoms. The molecule has 0 spiro atoms. The number of hydrogen-bond donors (Lipinski definition) is 1. The van der Waals surface area contributed by atoms with Crippen LogP contribution in [0, 0.1) is 12.3 Å². The van der Waals surface area contributed by atoms with Crippen molar-refractivity contribution in [2.45, 2.75) is 53.5 Å². The van der Waals surface area contributed by atoms with Crippen LogP contribution in [0.3, 0.4) is 0 Å². The van der Waals surface area contributed by atoms with E-state index in [4.69, 9.17) is 4.98 Å². The predicted molar refractivity (Wildman–Crippen MR) is 105 cm³/mol. The van der Waals surface area contributed by atoms with Gasteiger partial charge in [-0.1, -0.05) is 26.8 Å². The third-order valence-corrected chi connectivity index (χ3v) is 4.12. The van der Waals surface area contributed by atoms with Crippen molar-refractivity contribution in [2.75, 3.05) is 5.32 Å². The van der Waals surface area contributed by atoms with E-state index in [0.29, 0.717) is 0 Å². The molecule has 0 atom stereocenters. The van der Waals surface area contributed by atoms with Gasteiger partial charge in [-0.3, -0.25) is 9.38 Å². The van der Waals surface area contributed by atoms with Gasteiger partial charge in [-0.25, -0.2) is 4.98 Å². The van der Waals surface area contributed by atoms with Crippen LogP contribution in [0.2, 0.25) is 0 Å². The molecule has 3 aromatic rings. The molecular weight excluding hydrogens is 308 g/mol. The Hall–Kier alpha value is -2.36. The number of aromatic nitrogens is 3. The van der Waals surface area contributed by atoms with E-state index in [2.05, 4.69) is 74.6 Å². The molecule has 0 unspecified atom stereocenters. The quantitative estimate of drug-likeness (QED) is 0.700. The molecule has 0 amide bonds. The van der Waals surface area contributed by atoms with Crippen LogP contribution in [0.15, 0.2) is 42.7 Å². The minimum atomic E-state index is -0.0668. The molecule has 0 saturated heterocycles. The number of fused-ring (bicyclic) bond motifs is 1. The highest BCUT2D eigenvalue weighted by Gasteiger charge is 2.28. The molecule has 1 N–H and O–H groups in total. The molecule has 0 aliphatic rings. The molecule has 0 fully saturated rings. The van der Waals surface area contributed by atoms with Crippen molar-refractivity contribution in [3.63, 3.8) is 0 Å². The summed E-state index contributed by atoms with van der Waals surface area (Å²) in [6, 6.07) is 10.2. The number of hydrogen-bond acceptors (Lipinski definition) is 3. The molecule has 0 aromatic carbocycles. The predicted octanol–water partition coefficient (Wildman–Crippen LogP) is 5.33. The first-order valence-electron chi connectivity index (χ1n) is 8.83. The van der Waals surface area contributed by atoms with Gasteiger partial charge in [-0.2, -0.15) is 0 Å². The maximum atomic E-state index is 4.86. The molecule has 132 valence electrons. The van der Waals surface area contributed by atoms with Crippen LogP contribution in [-0.4, -0.2) is 19.9 Å². The Morgan fingerprint density at radius 3 is 2.48 bits per heavy atom. The summed E-state index contributed by atoms with van der Waals surface area (Å²) >= 11 is 0. The Morgan fingerprint density at radius 2 is 1.84 bits per heavy atom. The van der Waals surface area contributed by atoms with Gasteiger partial charge in [0.15, 0.2) is 0 Å². The lowest BCUT2D eigenvalue weighted by Gasteiger charge is -2.34. The second-order valence-corrected chi connectivity index (χ2v) is 8.70. The van der Waals surface area contributed by atoms with Gasteiger partial charge < -0.3 is 5.32 Å². The van der Waals surface area contributed by atoms with E-state index in [1.54, 1.807) is 0 Å². The first-order chi connectivity index (χ1) is 11.6. The van der Waals surface area contributed by atoms with Gasteiger partial charge in [0.2, 0.25) is 0 Å². The largest absolute Gasteiger partial charge is 0.364 e. The smallest absolute Gasteiger partial charge is 0.140 e. The van der Waals surface area contributed by atoms with E-state index in [0.717, 1.165) is 29.3 Å². The Morgan fingerprint density at radius 1 is 1.08 bits per heavy atom. The molecule has 0 bridgehead atoms. The monoisotopic (exact) mass is 336 g/mol. The summed E-state index contributed by atoms with van der Waals surface area (Å²) in [5, 5.41) is 3.74. The van der Waals surface area contributed by atoms with Crippen molar-refractivity contribution in [1.29, 1.82) is 0 Å². The fourth-order valence-corrected chi connectivity index (χ4v) is 3.64. The van der Waals surface area contributed by atoms with E-state index < -0.39 is 0 Å². The molecule has 0 aliphatic carbocycles. The highest BCUT2D eigenvalue weighted by atomic mass is 15.2. The number of rotatable bonds is 4. The average Bonchev–Trinajstić information content (AvgIpc) is 2.82. The van der Waals surface area contributed by atoms with Gasteiger partial charge in [0.25, 0.3) is 0 Å². The SMILES string of the molecule is Cc1ccn2c(NC(C)(C)CC(C)(C)C)c(-c3ccccn3)nc2c1. The van der Waals surface area contributed by atoms with Crippen molar-refractivity contribution < 1.29 is 0 Å². The summed E-state index contributed by atoms with van der Waals surface area (Å²) in [6.07, 6.45) is 4.94. The molecule has 3 aromatic heterocycles. The second kappa shape index (κ2) is 6.17. The van der Waals surface area contributed by atoms with E-state index >= 15 is 0 Å². The van der Waals surface area contributed by atoms with Crippen LogP contribution >= 0.6 is 0 Å². The van der Waals surface area contributed by atoms with Gasteiger partial charge >= 0.3 is 0 Å². The van der Waals surface area contributed by atoms with Crippen molar-refractivity contribution >= 4 is 11.5 Å². The fraction of sp³-hybridized carbons (Fsp3) is 0.429. The van der Waals surface area contributed by atoms with Gasteiger partial charge in [0.05, 0.1) is 5.69 Å². The minimum absolute atomic E-state index is 0.0668. The maximum Gasteiger partial charge on any atom is 0.140 e. The fourth-order valence-electron chi connectivity index (χ4n) is 3.64. The Labute approximate surface area is 150 Å². The highest BCUT2D eigenvalue weighted by molar-refractivity contribution is 5.75. The van der Waals surface area contributed by atoms with Crippen LogP contribution in [0.4, 0.5) is 5.82 Å². The lowest BCUT2D eigenvalue weighted by Crippen LogP contribution is -2.36. The van der Waals surface area contributed by atoms with Crippen LogP contribution in [0.5, 0.6) is 0 Å². The van der Waals surface area contributed by atoms with Gasteiger partial charge in [0, 0.05) is 17.9 Å². The average molecular weight is 336 g/mol. The van der Waals surface area contributed by atoms with Crippen molar-refractivity contribution in [3.05, 3.63) is 48.3 Å². The summed E-state index contributed by atoms with van der Waals surface area (Å²) in [4.78, 5) is 9.38. The van der Waals surface area contributed by atoms with Crippen LogP contribution in [0.25, 0.3) is 17.0 Å². The first-order valence-corrected chi connectivity index (χ1v) is 8.83. The zero-order chi connectivity index (χ0) is 18.2. The minimum Gasteiger partial charge on any atom is -0.364 e. The molecule has 3 heterocycles. The number of anilines is 1. The Kier molecular flexibility index (Phi) is 4.31. The molecule has 4 nitrogen and oxygen atoms in total. The van der Waals surface area contributed by atoms with E-state index in [-0.39, 0.29) is 11.0 Å².